The van der Waals surface area contributed by atoms with Crippen LogP contribution in [-0.2, 0) is 35.1 Å². The molecule has 2 heterocycles. The van der Waals surface area contributed by atoms with Crippen molar-refractivity contribution in [3.63, 3.8) is 0 Å². The van der Waals surface area contributed by atoms with E-state index in [1.165, 1.54) is 0 Å². The molecule has 0 bridgehead atoms. The molecule has 0 spiro atoms. The third kappa shape index (κ3) is 5.16. The molecule has 2 saturated heterocycles. The Morgan fingerprint density at radius 1 is 1.24 bits per heavy atom. The lowest BCUT2D eigenvalue weighted by molar-refractivity contribution is -0.223. The maximum absolute atomic E-state index is 12.2. The molecule has 0 aromatic heterocycles. The molecule has 1 saturated carbocycles. The van der Waals surface area contributed by atoms with Crippen molar-refractivity contribution in [1.82, 2.24) is 5.32 Å². The first kappa shape index (κ1) is 20.8. The van der Waals surface area contributed by atoms with Gasteiger partial charge in [-0.15, -0.1) is 0 Å². The summed E-state index contributed by atoms with van der Waals surface area (Å²) in [4.78, 5) is 12.2. The van der Waals surface area contributed by atoms with Crippen LogP contribution in [-0.4, -0.2) is 55.0 Å². The Bertz CT molecular complexity index is 692. The second kappa shape index (κ2) is 8.70. The van der Waals surface area contributed by atoms with Crippen molar-refractivity contribution in [2.45, 2.75) is 89.1 Å². The van der Waals surface area contributed by atoms with Crippen LogP contribution >= 0.6 is 0 Å². The number of carbonyl (C=O) groups is 1. The van der Waals surface area contributed by atoms with E-state index < -0.39 is 12.1 Å². The van der Waals surface area contributed by atoms with Gasteiger partial charge in [-0.2, -0.15) is 0 Å². The van der Waals surface area contributed by atoms with Gasteiger partial charge in [-0.3, -0.25) is 4.79 Å². The molecule has 0 amide bonds. The van der Waals surface area contributed by atoms with Crippen molar-refractivity contribution in [3.8, 4) is 0 Å². The highest BCUT2D eigenvalue weighted by atomic mass is 16.8. The summed E-state index contributed by atoms with van der Waals surface area (Å²) >= 11 is 0. The molecule has 1 N–H and O–H groups in total. The number of ether oxygens (including phenoxy) is 5. The minimum absolute atomic E-state index is 0.219. The highest BCUT2D eigenvalue weighted by Crippen LogP contribution is 2.40. The Morgan fingerprint density at radius 3 is 2.69 bits per heavy atom. The lowest BCUT2D eigenvalue weighted by Crippen LogP contribution is -2.50. The van der Waals surface area contributed by atoms with Crippen LogP contribution in [0.25, 0.3) is 0 Å². The average molecular weight is 405 g/mol. The summed E-state index contributed by atoms with van der Waals surface area (Å²) in [7, 11) is 0. The summed E-state index contributed by atoms with van der Waals surface area (Å²) in [5.74, 6) is -0.967. The molecule has 7 heteroatoms. The van der Waals surface area contributed by atoms with E-state index in [2.05, 4.69) is 5.32 Å². The van der Waals surface area contributed by atoms with Gasteiger partial charge in [-0.05, 0) is 39.2 Å². The Balaban J connectivity index is 1.50. The zero-order valence-corrected chi connectivity index (χ0v) is 17.3. The monoisotopic (exact) mass is 405 g/mol. The van der Waals surface area contributed by atoms with Crippen molar-refractivity contribution in [2.24, 2.45) is 0 Å². The zero-order valence-electron chi connectivity index (χ0n) is 17.3. The molecule has 3 fully saturated rings. The fourth-order valence-electron chi connectivity index (χ4n) is 4.01. The third-order valence-electron chi connectivity index (χ3n) is 5.43. The first-order chi connectivity index (χ1) is 13.9. The van der Waals surface area contributed by atoms with Crippen molar-refractivity contribution in [2.75, 3.05) is 6.61 Å². The summed E-state index contributed by atoms with van der Waals surface area (Å²) in [6.07, 6.45) is 0.861. The Morgan fingerprint density at radius 2 is 2.00 bits per heavy atom. The van der Waals surface area contributed by atoms with E-state index in [0.29, 0.717) is 19.3 Å². The predicted octanol–water partition coefficient (Wildman–Crippen LogP) is 2.52. The van der Waals surface area contributed by atoms with Gasteiger partial charge in [0.25, 0.3) is 0 Å². The standard InChI is InChI=1S/C22H31NO6/c1-4-25-17(24)12-16(23-15-10-11-15)18-19(26-13-14-8-6-5-7-9-14)20-21(27-18)29-22(2,3)28-20/h5-9,15-16,18-21,23H,4,10-13H2,1-3H3/t16-,18-,19+,20-,21-/m1/s1. The van der Waals surface area contributed by atoms with Crippen LogP contribution in [0.2, 0.25) is 0 Å². The molecule has 160 valence electrons. The Hall–Kier alpha value is -1.51. The molecular weight excluding hydrogens is 374 g/mol. The van der Waals surface area contributed by atoms with Crippen molar-refractivity contribution in [1.29, 1.82) is 0 Å². The first-order valence-corrected chi connectivity index (χ1v) is 10.5. The number of hydrogen-bond acceptors (Lipinski definition) is 7. The number of nitrogens with one attached hydrogen (secondary N) is 1. The topological polar surface area (TPSA) is 75.3 Å². The van der Waals surface area contributed by atoms with Gasteiger partial charge in [0, 0.05) is 12.1 Å². The number of esters is 1. The second-order valence-electron chi connectivity index (χ2n) is 8.39. The zero-order chi connectivity index (χ0) is 20.4. The minimum atomic E-state index is -0.727. The molecule has 7 nitrogen and oxygen atoms in total. The molecule has 2 aliphatic heterocycles. The SMILES string of the molecule is CCOC(=O)C[C@@H](NC1CC1)[C@H]1O[C@@H]2OC(C)(C)O[C@@H]2[C@H]1OCc1ccccc1. The predicted molar refractivity (Wildman–Crippen MR) is 105 cm³/mol. The quantitative estimate of drug-likeness (QED) is 0.633. The molecule has 3 aliphatic rings. The van der Waals surface area contributed by atoms with Gasteiger partial charge in [-0.1, -0.05) is 30.3 Å². The van der Waals surface area contributed by atoms with E-state index in [-0.39, 0.29) is 36.7 Å². The molecule has 4 rings (SSSR count). The molecule has 5 atom stereocenters. The number of carbonyl (C=O) groups excluding carboxylic acids is 1. The molecule has 1 aliphatic carbocycles. The number of hydrogen-bond donors (Lipinski definition) is 1. The second-order valence-corrected chi connectivity index (χ2v) is 8.39. The van der Waals surface area contributed by atoms with E-state index in [0.717, 1.165) is 18.4 Å². The lowest BCUT2D eigenvalue weighted by atomic mass is 10.00. The summed E-state index contributed by atoms with van der Waals surface area (Å²) in [5, 5.41) is 3.54. The largest absolute Gasteiger partial charge is 0.466 e. The number of fused-ring (bicyclic) bond motifs is 1. The Labute approximate surface area is 172 Å². The minimum Gasteiger partial charge on any atom is -0.466 e. The molecule has 1 aromatic carbocycles. The molecular formula is C22H31NO6. The molecule has 1 aromatic rings. The summed E-state index contributed by atoms with van der Waals surface area (Å²) in [6.45, 7) is 6.36. The smallest absolute Gasteiger partial charge is 0.307 e. The fraction of sp³-hybridized carbons (Fsp3) is 0.682. The van der Waals surface area contributed by atoms with E-state index in [4.69, 9.17) is 23.7 Å². The number of benzene rings is 1. The molecule has 0 unspecified atom stereocenters. The average Bonchev–Trinajstić information content (AvgIpc) is 3.36. The highest BCUT2D eigenvalue weighted by Gasteiger charge is 2.57. The van der Waals surface area contributed by atoms with Crippen molar-refractivity contribution < 1.29 is 28.5 Å². The van der Waals surface area contributed by atoms with Crippen molar-refractivity contribution >= 4 is 5.97 Å². The van der Waals surface area contributed by atoms with Crippen LogP contribution in [0.5, 0.6) is 0 Å². The van der Waals surface area contributed by atoms with E-state index in [1.807, 2.05) is 51.1 Å². The van der Waals surface area contributed by atoms with Crippen LogP contribution in [0.1, 0.15) is 45.6 Å². The van der Waals surface area contributed by atoms with E-state index >= 15 is 0 Å². The Kier molecular flexibility index (Phi) is 6.22. The highest BCUT2D eigenvalue weighted by molar-refractivity contribution is 5.70. The maximum Gasteiger partial charge on any atom is 0.307 e. The summed E-state index contributed by atoms with van der Waals surface area (Å²) in [6, 6.07) is 10.2. The van der Waals surface area contributed by atoms with Gasteiger partial charge >= 0.3 is 5.97 Å². The summed E-state index contributed by atoms with van der Waals surface area (Å²) in [5.41, 5.74) is 1.07. The van der Waals surface area contributed by atoms with Gasteiger partial charge in [0.1, 0.15) is 18.3 Å². The van der Waals surface area contributed by atoms with Crippen LogP contribution < -0.4 is 5.32 Å². The summed E-state index contributed by atoms with van der Waals surface area (Å²) < 4.78 is 29.8. The van der Waals surface area contributed by atoms with Crippen LogP contribution in [0.3, 0.4) is 0 Å². The first-order valence-electron chi connectivity index (χ1n) is 10.5. The fourth-order valence-corrected chi connectivity index (χ4v) is 4.01. The van der Waals surface area contributed by atoms with Crippen LogP contribution in [0.4, 0.5) is 0 Å². The van der Waals surface area contributed by atoms with Gasteiger partial charge in [0.05, 0.1) is 19.6 Å². The van der Waals surface area contributed by atoms with Gasteiger partial charge in [0.15, 0.2) is 12.1 Å². The number of rotatable bonds is 9. The van der Waals surface area contributed by atoms with Gasteiger partial charge in [0.2, 0.25) is 0 Å². The normalized spacial score (nSPS) is 31.4. The van der Waals surface area contributed by atoms with E-state index in [9.17, 15) is 4.79 Å². The van der Waals surface area contributed by atoms with E-state index in [1.54, 1.807) is 0 Å². The van der Waals surface area contributed by atoms with Gasteiger partial charge < -0.3 is 29.0 Å². The van der Waals surface area contributed by atoms with Crippen LogP contribution in [0.15, 0.2) is 30.3 Å². The van der Waals surface area contributed by atoms with Crippen LogP contribution in [0, 0.1) is 0 Å². The molecule has 29 heavy (non-hydrogen) atoms. The lowest BCUT2D eigenvalue weighted by Gasteiger charge is -2.31. The third-order valence-corrected chi connectivity index (χ3v) is 5.43. The molecule has 0 radical (unpaired) electrons. The maximum atomic E-state index is 12.2. The van der Waals surface area contributed by atoms with Gasteiger partial charge in [-0.25, -0.2) is 0 Å². The van der Waals surface area contributed by atoms with Crippen molar-refractivity contribution in [3.05, 3.63) is 35.9 Å².